The first kappa shape index (κ1) is 19.8. The second kappa shape index (κ2) is 8.10. The van der Waals surface area contributed by atoms with Crippen molar-refractivity contribution in [3.05, 3.63) is 75.7 Å². The maximum atomic E-state index is 12.7. The molecule has 30 heavy (non-hydrogen) atoms. The highest BCUT2D eigenvalue weighted by atomic mass is 16.5. The second-order valence-corrected chi connectivity index (χ2v) is 7.52. The molecule has 3 aromatic rings. The third-order valence-electron chi connectivity index (χ3n) is 5.49. The summed E-state index contributed by atoms with van der Waals surface area (Å²) in [4.78, 5) is 37.7. The van der Waals surface area contributed by atoms with E-state index in [4.69, 9.17) is 4.74 Å². The lowest BCUT2D eigenvalue weighted by Crippen LogP contribution is -2.39. The van der Waals surface area contributed by atoms with Gasteiger partial charge in [-0.25, -0.2) is 9.48 Å². The predicted octanol–water partition coefficient (Wildman–Crippen LogP) is 2.67. The summed E-state index contributed by atoms with van der Waals surface area (Å²) in [6.45, 7) is 1.53. The Balaban J connectivity index is 1.51. The fraction of sp³-hybridized carbons (Fsp3) is 0.304. The van der Waals surface area contributed by atoms with Crippen molar-refractivity contribution < 1.29 is 14.3 Å². The molecule has 7 nitrogen and oxygen atoms in total. The van der Waals surface area contributed by atoms with Crippen molar-refractivity contribution in [2.75, 3.05) is 0 Å². The van der Waals surface area contributed by atoms with Crippen LogP contribution in [0, 0.1) is 0 Å². The fourth-order valence-corrected chi connectivity index (χ4v) is 3.91. The predicted molar refractivity (Wildman–Crippen MR) is 112 cm³/mol. The lowest BCUT2D eigenvalue weighted by atomic mass is 9.87. The molecular formula is C23H23N3O4. The van der Waals surface area contributed by atoms with Crippen molar-refractivity contribution in [1.29, 1.82) is 0 Å². The number of carbonyl (C=O) groups is 2. The SMILES string of the molecule is C[C@@H](OC(=O)c1nn(C)c(=O)c2ccccc12)C(=O)N[C@H]1CCCc2ccccc21. The zero-order chi connectivity index (χ0) is 21.3. The summed E-state index contributed by atoms with van der Waals surface area (Å²) < 4.78 is 6.50. The Morgan fingerprint density at radius 1 is 1.13 bits per heavy atom. The molecule has 154 valence electrons. The average molecular weight is 405 g/mol. The van der Waals surface area contributed by atoms with Crippen molar-refractivity contribution >= 4 is 22.6 Å². The van der Waals surface area contributed by atoms with Gasteiger partial charge in [-0.2, -0.15) is 5.10 Å². The number of esters is 1. The minimum Gasteiger partial charge on any atom is -0.448 e. The van der Waals surface area contributed by atoms with Crippen LogP contribution in [0.15, 0.2) is 53.3 Å². The Morgan fingerprint density at radius 3 is 2.63 bits per heavy atom. The van der Waals surface area contributed by atoms with Crippen molar-refractivity contribution in [3.8, 4) is 0 Å². The van der Waals surface area contributed by atoms with E-state index in [1.807, 2.05) is 18.2 Å². The first-order valence-corrected chi connectivity index (χ1v) is 10.0. The Labute approximate surface area is 173 Å². The number of rotatable bonds is 4. The second-order valence-electron chi connectivity index (χ2n) is 7.52. The van der Waals surface area contributed by atoms with Crippen LogP contribution in [0.2, 0.25) is 0 Å². The van der Waals surface area contributed by atoms with Gasteiger partial charge >= 0.3 is 5.97 Å². The summed E-state index contributed by atoms with van der Waals surface area (Å²) in [5.74, 6) is -1.10. The molecule has 1 aromatic heterocycles. The summed E-state index contributed by atoms with van der Waals surface area (Å²) in [5, 5.41) is 7.83. The van der Waals surface area contributed by atoms with Crippen LogP contribution in [0.3, 0.4) is 0 Å². The largest absolute Gasteiger partial charge is 0.448 e. The monoisotopic (exact) mass is 405 g/mol. The number of aryl methyl sites for hydroxylation is 2. The normalized spacial score (nSPS) is 16.5. The van der Waals surface area contributed by atoms with E-state index in [9.17, 15) is 14.4 Å². The van der Waals surface area contributed by atoms with E-state index in [2.05, 4.69) is 16.5 Å². The van der Waals surface area contributed by atoms with Crippen molar-refractivity contribution in [1.82, 2.24) is 15.1 Å². The molecule has 1 aliphatic carbocycles. The molecule has 7 heteroatoms. The summed E-state index contributed by atoms with van der Waals surface area (Å²) in [5.41, 5.74) is 2.06. The van der Waals surface area contributed by atoms with Crippen LogP contribution >= 0.6 is 0 Å². The van der Waals surface area contributed by atoms with Gasteiger partial charge < -0.3 is 10.1 Å². The highest BCUT2D eigenvalue weighted by Gasteiger charge is 2.27. The number of ether oxygens (including phenoxy) is 1. The summed E-state index contributed by atoms with van der Waals surface area (Å²) in [7, 11) is 1.47. The lowest BCUT2D eigenvalue weighted by molar-refractivity contribution is -0.130. The van der Waals surface area contributed by atoms with Crippen LogP contribution in [0.25, 0.3) is 10.8 Å². The molecular weight excluding hydrogens is 382 g/mol. The molecule has 0 aliphatic heterocycles. The number of hydrogen-bond donors (Lipinski definition) is 1. The van der Waals surface area contributed by atoms with Crippen LogP contribution in [0.5, 0.6) is 0 Å². The first-order valence-electron chi connectivity index (χ1n) is 10.0. The number of benzene rings is 2. The number of fused-ring (bicyclic) bond motifs is 2. The van der Waals surface area contributed by atoms with Crippen LogP contribution in [-0.4, -0.2) is 27.8 Å². The molecule has 2 aromatic carbocycles. The maximum Gasteiger partial charge on any atom is 0.360 e. The molecule has 0 radical (unpaired) electrons. The topological polar surface area (TPSA) is 90.3 Å². The van der Waals surface area contributed by atoms with Crippen LogP contribution in [-0.2, 0) is 23.0 Å². The van der Waals surface area contributed by atoms with Crippen molar-refractivity contribution in [2.45, 2.75) is 38.3 Å². The fourth-order valence-electron chi connectivity index (χ4n) is 3.91. The molecule has 2 atom stereocenters. The number of amides is 1. The first-order chi connectivity index (χ1) is 14.5. The third kappa shape index (κ3) is 3.70. The van der Waals surface area contributed by atoms with Gasteiger partial charge in [-0.05, 0) is 43.4 Å². The van der Waals surface area contributed by atoms with Gasteiger partial charge in [-0.15, -0.1) is 0 Å². The molecule has 0 saturated carbocycles. The van der Waals surface area contributed by atoms with Crippen LogP contribution in [0.1, 0.15) is 47.4 Å². The van der Waals surface area contributed by atoms with E-state index >= 15 is 0 Å². The van der Waals surface area contributed by atoms with E-state index in [1.54, 1.807) is 24.3 Å². The van der Waals surface area contributed by atoms with Gasteiger partial charge in [0.05, 0.1) is 11.4 Å². The highest BCUT2D eigenvalue weighted by molar-refractivity contribution is 6.02. The van der Waals surface area contributed by atoms with E-state index in [0.717, 1.165) is 29.5 Å². The minimum atomic E-state index is -0.996. The molecule has 1 heterocycles. The van der Waals surface area contributed by atoms with Gasteiger partial charge in [0.25, 0.3) is 11.5 Å². The number of aromatic nitrogens is 2. The highest BCUT2D eigenvalue weighted by Crippen LogP contribution is 2.29. The molecule has 0 fully saturated rings. The van der Waals surface area contributed by atoms with Crippen molar-refractivity contribution in [3.63, 3.8) is 0 Å². The van der Waals surface area contributed by atoms with Crippen LogP contribution < -0.4 is 10.9 Å². The molecule has 0 bridgehead atoms. The van der Waals surface area contributed by atoms with E-state index in [1.165, 1.54) is 19.5 Å². The molecule has 1 amide bonds. The summed E-state index contributed by atoms with van der Waals surface area (Å²) >= 11 is 0. The van der Waals surface area contributed by atoms with E-state index in [-0.39, 0.29) is 23.2 Å². The molecule has 0 saturated heterocycles. The Morgan fingerprint density at radius 2 is 1.83 bits per heavy atom. The number of nitrogens with one attached hydrogen (secondary N) is 1. The van der Waals surface area contributed by atoms with Gasteiger partial charge in [0, 0.05) is 12.4 Å². The minimum absolute atomic E-state index is 0.00959. The van der Waals surface area contributed by atoms with Gasteiger partial charge in [0.1, 0.15) is 0 Å². The molecule has 1 N–H and O–H groups in total. The Hall–Kier alpha value is -3.48. The van der Waals surface area contributed by atoms with Gasteiger partial charge in [0.15, 0.2) is 11.8 Å². The molecule has 0 spiro atoms. The maximum absolute atomic E-state index is 12.7. The Bertz CT molecular complexity index is 1180. The quantitative estimate of drug-likeness (QED) is 0.674. The Kier molecular flexibility index (Phi) is 5.35. The zero-order valence-electron chi connectivity index (χ0n) is 16.9. The molecule has 0 unspecified atom stereocenters. The molecule has 1 aliphatic rings. The van der Waals surface area contributed by atoms with Crippen molar-refractivity contribution in [2.24, 2.45) is 7.05 Å². The van der Waals surface area contributed by atoms with Gasteiger partial charge in [0.2, 0.25) is 0 Å². The van der Waals surface area contributed by atoms with Gasteiger partial charge in [-0.1, -0.05) is 42.5 Å². The summed E-state index contributed by atoms with van der Waals surface area (Å²) in [6, 6.07) is 14.7. The molecule has 4 rings (SSSR count). The summed E-state index contributed by atoms with van der Waals surface area (Å²) in [6.07, 6.45) is 1.84. The van der Waals surface area contributed by atoms with Gasteiger partial charge in [-0.3, -0.25) is 9.59 Å². The van der Waals surface area contributed by atoms with E-state index in [0.29, 0.717) is 10.8 Å². The standard InChI is InChI=1S/C23H23N3O4/c1-14(21(27)24-19-13-7-9-15-8-3-4-10-16(15)19)30-23(29)20-17-11-5-6-12-18(17)22(28)26(2)25-20/h3-6,8,10-12,14,19H,7,9,13H2,1-2H3,(H,24,27)/t14-,19+/m1/s1. The number of carbonyl (C=O) groups excluding carboxylic acids is 2. The van der Waals surface area contributed by atoms with Crippen LogP contribution in [0.4, 0.5) is 0 Å². The van der Waals surface area contributed by atoms with E-state index < -0.39 is 12.1 Å². The third-order valence-corrected chi connectivity index (χ3v) is 5.49. The number of hydrogen-bond acceptors (Lipinski definition) is 5. The number of nitrogens with zero attached hydrogens (tertiary/aromatic N) is 2. The smallest absolute Gasteiger partial charge is 0.360 e. The average Bonchev–Trinajstić information content (AvgIpc) is 2.76. The zero-order valence-corrected chi connectivity index (χ0v) is 16.9. The lowest BCUT2D eigenvalue weighted by Gasteiger charge is -2.27.